The summed E-state index contributed by atoms with van der Waals surface area (Å²) in [6.45, 7) is 8.44. The normalized spacial score (nSPS) is 20.7. The number of pyridine rings is 1. The lowest BCUT2D eigenvalue weighted by molar-refractivity contribution is -0.150. The van der Waals surface area contributed by atoms with Gasteiger partial charge in [0.15, 0.2) is 0 Å². The molecule has 0 bridgehead atoms. The number of hydrogen-bond acceptors (Lipinski definition) is 5. The van der Waals surface area contributed by atoms with Crippen molar-refractivity contribution < 1.29 is 14.3 Å². The van der Waals surface area contributed by atoms with Crippen LogP contribution >= 0.6 is 0 Å². The van der Waals surface area contributed by atoms with Gasteiger partial charge >= 0.3 is 0 Å². The Morgan fingerprint density at radius 2 is 1.80 bits per heavy atom. The Morgan fingerprint density at radius 3 is 2.48 bits per heavy atom. The monoisotopic (exact) mass is 593 g/mol. The molecule has 1 saturated carbocycles. The first-order chi connectivity index (χ1) is 21.1. The molecule has 2 aromatic carbocycles. The fourth-order valence-corrected chi connectivity index (χ4v) is 7.38. The number of hydrogen-bond donors (Lipinski definition) is 2. The summed E-state index contributed by atoms with van der Waals surface area (Å²) in [6, 6.07) is 19.6. The van der Waals surface area contributed by atoms with Gasteiger partial charge in [-0.25, -0.2) is 0 Å². The van der Waals surface area contributed by atoms with Gasteiger partial charge < -0.3 is 24.8 Å². The van der Waals surface area contributed by atoms with Crippen molar-refractivity contribution in [2.75, 3.05) is 32.6 Å². The van der Waals surface area contributed by atoms with Crippen molar-refractivity contribution in [2.45, 2.75) is 58.0 Å². The first kappa shape index (κ1) is 29.9. The number of carbonyl (C=O) groups excluding carboxylic acids is 2. The Kier molecular flexibility index (Phi) is 7.97. The average molecular weight is 594 g/mol. The van der Waals surface area contributed by atoms with Gasteiger partial charge in [0.25, 0.3) is 0 Å². The number of nitrogens with one attached hydrogen (secondary N) is 2. The Labute approximate surface area is 259 Å². The number of piperidine rings is 1. The second-order valence-corrected chi connectivity index (χ2v) is 13.2. The van der Waals surface area contributed by atoms with E-state index < -0.39 is 5.54 Å². The van der Waals surface area contributed by atoms with E-state index in [1.54, 1.807) is 19.5 Å². The van der Waals surface area contributed by atoms with Crippen LogP contribution in [0.2, 0.25) is 0 Å². The zero-order chi connectivity index (χ0) is 31.1. The molecule has 1 aliphatic carbocycles. The second-order valence-electron chi connectivity index (χ2n) is 13.2. The molecule has 2 N–H and O–H groups in total. The summed E-state index contributed by atoms with van der Waals surface area (Å²) < 4.78 is 5.31. The SMILES string of the molecule is COc1ccc(NC(=O)C2(N(Cc3cccnc3)C(=O)C[C@@H]3[C@H](c4c(C)[nH]c5ccccc45)C3(C)C)CCN(C)CC2)cc1. The van der Waals surface area contributed by atoms with Crippen molar-refractivity contribution in [2.24, 2.45) is 11.3 Å². The van der Waals surface area contributed by atoms with E-state index in [9.17, 15) is 9.59 Å². The number of para-hydroxylation sites is 1. The standard InChI is InChI=1S/C36H43N5O3/c1-24-32(28-10-6-7-11-30(28)38-24)33-29(35(33,2)3)21-31(42)41(23-25-9-8-18-37-22-25)36(16-19-40(4)20-17-36)34(43)39-26-12-14-27(44-5)15-13-26/h6-15,18,22,29,33,38H,16-17,19-21,23H2,1-5H3,(H,39,43)/t29-,33-/m1/s1. The van der Waals surface area contributed by atoms with Gasteiger partial charge in [-0.15, -0.1) is 0 Å². The average Bonchev–Trinajstić information content (AvgIpc) is 3.37. The third-order valence-electron chi connectivity index (χ3n) is 10.2. The van der Waals surface area contributed by atoms with E-state index in [1.807, 2.05) is 41.3 Å². The van der Waals surface area contributed by atoms with Crippen LogP contribution in [0, 0.1) is 18.3 Å². The molecule has 0 radical (unpaired) electrons. The minimum Gasteiger partial charge on any atom is -0.497 e. The molecule has 6 rings (SSSR count). The van der Waals surface area contributed by atoms with Gasteiger partial charge in [0.2, 0.25) is 11.8 Å². The topological polar surface area (TPSA) is 90.6 Å². The number of carbonyl (C=O) groups is 2. The number of fused-ring (bicyclic) bond motifs is 1. The predicted molar refractivity (Wildman–Crippen MR) is 174 cm³/mol. The lowest BCUT2D eigenvalue weighted by atomic mass is 9.83. The van der Waals surface area contributed by atoms with Gasteiger partial charge in [-0.05, 0) is 91.6 Å². The minimum atomic E-state index is -0.995. The molecule has 3 heterocycles. The molecule has 2 aliphatic rings. The van der Waals surface area contributed by atoms with Crippen molar-refractivity contribution in [3.63, 3.8) is 0 Å². The fraction of sp³-hybridized carbons (Fsp3) is 0.417. The summed E-state index contributed by atoms with van der Waals surface area (Å²) in [5.74, 6) is 1.01. The number of rotatable bonds is 9. The fourth-order valence-electron chi connectivity index (χ4n) is 7.38. The molecule has 0 unspecified atom stereocenters. The number of ether oxygens (including phenoxy) is 1. The van der Waals surface area contributed by atoms with Crippen molar-refractivity contribution >= 4 is 28.4 Å². The first-order valence-corrected chi connectivity index (χ1v) is 15.5. The molecule has 2 amide bonds. The van der Waals surface area contributed by atoms with Gasteiger partial charge in [-0.2, -0.15) is 0 Å². The number of aromatic nitrogens is 2. The molecule has 2 fully saturated rings. The maximum atomic E-state index is 14.7. The Hall–Kier alpha value is -4.17. The lowest BCUT2D eigenvalue weighted by Crippen LogP contribution is -2.62. The maximum absolute atomic E-state index is 14.7. The lowest BCUT2D eigenvalue weighted by Gasteiger charge is -2.47. The quantitative estimate of drug-likeness (QED) is 0.243. The van der Waals surface area contributed by atoms with Gasteiger partial charge in [0.1, 0.15) is 11.3 Å². The number of aromatic amines is 1. The van der Waals surface area contributed by atoms with Crippen LogP contribution in [0.25, 0.3) is 10.9 Å². The zero-order valence-corrected chi connectivity index (χ0v) is 26.4. The highest BCUT2D eigenvalue weighted by Gasteiger charge is 2.60. The van der Waals surface area contributed by atoms with Gasteiger partial charge in [0.05, 0.1) is 7.11 Å². The first-order valence-electron chi connectivity index (χ1n) is 15.5. The molecule has 2 aromatic heterocycles. The third-order valence-corrected chi connectivity index (χ3v) is 10.2. The molecule has 4 aromatic rings. The smallest absolute Gasteiger partial charge is 0.250 e. The molecular weight excluding hydrogens is 550 g/mol. The molecular formula is C36H43N5O3. The number of likely N-dealkylation sites (tertiary alicyclic amines) is 1. The summed E-state index contributed by atoms with van der Waals surface area (Å²) in [6.07, 6.45) is 5.01. The van der Waals surface area contributed by atoms with E-state index in [-0.39, 0.29) is 29.1 Å². The highest BCUT2D eigenvalue weighted by Crippen LogP contribution is 2.67. The number of H-pyrrole nitrogens is 1. The maximum Gasteiger partial charge on any atom is 0.250 e. The van der Waals surface area contributed by atoms with Crippen LogP contribution in [-0.2, 0) is 16.1 Å². The van der Waals surface area contributed by atoms with Gasteiger partial charge in [-0.3, -0.25) is 14.6 Å². The molecule has 1 saturated heterocycles. The number of nitrogens with zero attached hydrogens (tertiary/aromatic N) is 3. The van der Waals surface area contributed by atoms with E-state index in [4.69, 9.17) is 4.74 Å². The zero-order valence-electron chi connectivity index (χ0n) is 26.4. The second kappa shape index (κ2) is 11.7. The molecule has 8 nitrogen and oxygen atoms in total. The number of methoxy groups -OCH3 is 1. The summed E-state index contributed by atoms with van der Waals surface area (Å²) in [4.78, 5) is 41.0. The number of amides is 2. The summed E-state index contributed by atoms with van der Waals surface area (Å²) in [7, 11) is 3.69. The van der Waals surface area contributed by atoms with E-state index in [2.05, 4.69) is 72.3 Å². The number of aryl methyl sites for hydroxylation is 1. The van der Waals surface area contributed by atoms with Crippen molar-refractivity contribution in [1.29, 1.82) is 0 Å². The van der Waals surface area contributed by atoms with Gasteiger partial charge in [0, 0.05) is 60.7 Å². The highest BCUT2D eigenvalue weighted by atomic mass is 16.5. The molecule has 0 spiro atoms. The summed E-state index contributed by atoms with van der Waals surface area (Å²) in [5.41, 5.74) is 4.16. The molecule has 230 valence electrons. The van der Waals surface area contributed by atoms with Crippen LogP contribution < -0.4 is 10.1 Å². The summed E-state index contributed by atoms with van der Waals surface area (Å²) in [5, 5.41) is 4.39. The van der Waals surface area contributed by atoms with E-state index in [0.29, 0.717) is 31.5 Å². The van der Waals surface area contributed by atoms with Crippen LogP contribution in [0.4, 0.5) is 5.69 Å². The Bertz CT molecular complexity index is 1640. The Morgan fingerprint density at radius 1 is 1.07 bits per heavy atom. The van der Waals surface area contributed by atoms with Crippen LogP contribution in [0.15, 0.2) is 73.1 Å². The highest BCUT2D eigenvalue weighted by molar-refractivity contribution is 6.01. The van der Waals surface area contributed by atoms with Crippen LogP contribution in [-0.4, -0.2) is 64.4 Å². The van der Waals surface area contributed by atoms with E-state index in [1.165, 1.54) is 10.9 Å². The molecule has 2 atom stereocenters. The van der Waals surface area contributed by atoms with Crippen LogP contribution in [0.1, 0.15) is 55.8 Å². The minimum absolute atomic E-state index is 0.0151. The molecule has 1 aliphatic heterocycles. The van der Waals surface area contributed by atoms with Crippen LogP contribution in [0.5, 0.6) is 5.75 Å². The van der Waals surface area contributed by atoms with E-state index in [0.717, 1.165) is 35.6 Å². The van der Waals surface area contributed by atoms with Crippen molar-refractivity contribution in [3.8, 4) is 5.75 Å². The van der Waals surface area contributed by atoms with E-state index >= 15 is 0 Å². The molecule has 44 heavy (non-hydrogen) atoms. The molecule has 8 heteroatoms. The van der Waals surface area contributed by atoms with Gasteiger partial charge in [-0.1, -0.05) is 38.1 Å². The van der Waals surface area contributed by atoms with Crippen LogP contribution in [0.3, 0.4) is 0 Å². The number of benzene rings is 2. The Balaban J connectivity index is 1.33. The summed E-state index contributed by atoms with van der Waals surface area (Å²) >= 11 is 0. The van der Waals surface area contributed by atoms with Crippen molar-refractivity contribution in [1.82, 2.24) is 19.8 Å². The number of anilines is 1. The van der Waals surface area contributed by atoms with Crippen molar-refractivity contribution in [3.05, 3.63) is 89.9 Å². The third kappa shape index (κ3) is 5.47. The largest absolute Gasteiger partial charge is 0.497 e. The predicted octanol–water partition coefficient (Wildman–Crippen LogP) is 6.14.